The number of carboxylic acid groups (broad SMARTS) is 1. The lowest BCUT2D eigenvalue weighted by Crippen LogP contribution is -2.28. The molecular weight excluding hydrogens is 304 g/mol. The minimum atomic E-state index is -1.01. The standard InChI is InChI=1S/C18H18N4O2/c23-18(24)22-15-9-2-1-7-13(15)21-16(22)11-20-14-8-3-5-12-6-4-10-19-17(12)14/h1-2,4,6-7,9-10,14,20H,3,5,8,11H2,(H,23,24). The molecule has 2 heterocycles. The summed E-state index contributed by atoms with van der Waals surface area (Å²) in [5.74, 6) is 0.506. The molecule has 1 aliphatic carbocycles. The maximum absolute atomic E-state index is 11.6. The Morgan fingerprint density at radius 2 is 2.17 bits per heavy atom. The second kappa shape index (κ2) is 6.05. The van der Waals surface area contributed by atoms with E-state index in [2.05, 4.69) is 21.4 Å². The Balaban J connectivity index is 1.62. The molecule has 2 N–H and O–H groups in total. The Labute approximate surface area is 139 Å². The van der Waals surface area contributed by atoms with E-state index >= 15 is 0 Å². The van der Waals surface area contributed by atoms with Gasteiger partial charge in [0.2, 0.25) is 0 Å². The van der Waals surface area contributed by atoms with Gasteiger partial charge in [-0.15, -0.1) is 0 Å². The monoisotopic (exact) mass is 322 g/mol. The Morgan fingerprint density at radius 3 is 3.04 bits per heavy atom. The molecule has 4 rings (SSSR count). The number of aryl methyl sites for hydroxylation is 1. The highest BCUT2D eigenvalue weighted by molar-refractivity contribution is 5.86. The van der Waals surface area contributed by atoms with E-state index in [1.165, 1.54) is 10.1 Å². The highest BCUT2D eigenvalue weighted by atomic mass is 16.4. The van der Waals surface area contributed by atoms with E-state index in [1.807, 2.05) is 30.5 Å². The Morgan fingerprint density at radius 1 is 1.29 bits per heavy atom. The molecule has 3 aromatic rings. The van der Waals surface area contributed by atoms with Crippen molar-refractivity contribution in [2.75, 3.05) is 0 Å². The number of nitrogens with one attached hydrogen (secondary N) is 1. The van der Waals surface area contributed by atoms with Crippen molar-refractivity contribution in [2.24, 2.45) is 0 Å². The van der Waals surface area contributed by atoms with E-state index < -0.39 is 6.09 Å². The largest absolute Gasteiger partial charge is 0.464 e. The Bertz CT molecular complexity index is 903. The molecule has 122 valence electrons. The van der Waals surface area contributed by atoms with Crippen LogP contribution in [0.15, 0.2) is 42.6 Å². The van der Waals surface area contributed by atoms with Crippen LogP contribution in [-0.4, -0.2) is 25.7 Å². The second-order valence-electron chi connectivity index (χ2n) is 6.01. The highest BCUT2D eigenvalue weighted by Gasteiger charge is 2.22. The predicted octanol–water partition coefficient (Wildman–Crippen LogP) is 3.12. The average Bonchev–Trinajstić information content (AvgIpc) is 2.98. The van der Waals surface area contributed by atoms with Crippen molar-refractivity contribution in [3.63, 3.8) is 0 Å². The fraction of sp³-hybridized carbons (Fsp3) is 0.278. The van der Waals surface area contributed by atoms with Crippen molar-refractivity contribution < 1.29 is 9.90 Å². The maximum Gasteiger partial charge on any atom is 0.417 e. The van der Waals surface area contributed by atoms with Crippen molar-refractivity contribution in [1.82, 2.24) is 19.9 Å². The molecule has 0 radical (unpaired) electrons. The summed E-state index contributed by atoms with van der Waals surface area (Å²) in [6, 6.07) is 11.5. The van der Waals surface area contributed by atoms with E-state index in [0.717, 1.165) is 25.0 Å². The fourth-order valence-electron chi connectivity index (χ4n) is 3.43. The quantitative estimate of drug-likeness (QED) is 0.774. The van der Waals surface area contributed by atoms with Crippen LogP contribution >= 0.6 is 0 Å². The molecule has 0 bridgehead atoms. The lowest BCUT2D eigenvalue weighted by molar-refractivity contribution is 0.196. The van der Waals surface area contributed by atoms with Gasteiger partial charge in [0.15, 0.2) is 0 Å². The molecule has 24 heavy (non-hydrogen) atoms. The van der Waals surface area contributed by atoms with Gasteiger partial charge >= 0.3 is 6.09 Å². The van der Waals surface area contributed by atoms with Crippen LogP contribution in [0, 0.1) is 0 Å². The number of fused-ring (bicyclic) bond motifs is 2. The first-order valence-electron chi connectivity index (χ1n) is 8.11. The normalized spacial score (nSPS) is 16.9. The average molecular weight is 322 g/mol. The summed E-state index contributed by atoms with van der Waals surface area (Å²) < 4.78 is 1.25. The molecule has 1 unspecified atom stereocenters. The number of benzene rings is 1. The number of rotatable bonds is 3. The SMILES string of the molecule is O=C(O)n1c(CNC2CCCc3cccnc32)nc2ccccc21. The number of hydrogen-bond acceptors (Lipinski definition) is 4. The fourth-order valence-corrected chi connectivity index (χ4v) is 3.43. The van der Waals surface area contributed by atoms with Gasteiger partial charge in [0.1, 0.15) is 5.82 Å². The third kappa shape index (κ3) is 2.55. The van der Waals surface area contributed by atoms with Gasteiger partial charge in [-0.1, -0.05) is 18.2 Å². The molecule has 0 aliphatic heterocycles. The summed E-state index contributed by atoms with van der Waals surface area (Å²) in [6.45, 7) is 0.391. The van der Waals surface area contributed by atoms with Crippen molar-refractivity contribution in [1.29, 1.82) is 0 Å². The first-order valence-corrected chi connectivity index (χ1v) is 8.11. The van der Waals surface area contributed by atoms with Crippen LogP contribution in [0.1, 0.15) is 36.0 Å². The van der Waals surface area contributed by atoms with Crippen LogP contribution in [0.25, 0.3) is 11.0 Å². The third-order valence-corrected chi connectivity index (χ3v) is 4.52. The number of para-hydroxylation sites is 2. The highest BCUT2D eigenvalue weighted by Crippen LogP contribution is 2.28. The van der Waals surface area contributed by atoms with Gasteiger partial charge in [-0.3, -0.25) is 4.98 Å². The molecule has 0 fully saturated rings. The number of carbonyl (C=O) groups is 1. The van der Waals surface area contributed by atoms with Crippen LogP contribution < -0.4 is 5.32 Å². The van der Waals surface area contributed by atoms with Crippen molar-refractivity contribution in [3.8, 4) is 0 Å². The number of aromatic nitrogens is 3. The minimum Gasteiger partial charge on any atom is -0.464 e. The summed E-state index contributed by atoms with van der Waals surface area (Å²) in [4.78, 5) is 20.6. The van der Waals surface area contributed by atoms with Crippen LogP contribution in [0.5, 0.6) is 0 Å². The molecule has 1 aliphatic rings. The smallest absolute Gasteiger partial charge is 0.417 e. The Hall–Kier alpha value is -2.73. The maximum atomic E-state index is 11.6. The molecule has 1 aromatic carbocycles. The van der Waals surface area contributed by atoms with Gasteiger partial charge in [-0.05, 0) is 43.0 Å². The van der Waals surface area contributed by atoms with E-state index in [9.17, 15) is 9.90 Å². The first kappa shape index (κ1) is 14.8. The van der Waals surface area contributed by atoms with Gasteiger partial charge in [-0.2, -0.15) is 0 Å². The van der Waals surface area contributed by atoms with E-state index in [1.54, 1.807) is 6.07 Å². The molecule has 0 amide bonds. The first-order chi connectivity index (χ1) is 11.7. The number of hydrogen-bond donors (Lipinski definition) is 2. The van der Waals surface area contributed by atoms with Gasteiger partial charge in [-0.25, -0.2) is 14.3 Å². The van der Waals surface area contributed by atoms with Crippen LogP contribution in [0.4, 0.5) is 4.79 Å². The molecule has 0 saturated carbocycles. The zero-order valence-electron chi connectivity index (χ0n) is 13.1. The summed E-state index contributed by atoms with van der Waals surface area (Å²) in [6.07, 6.45) is 3.95. The van der Waals surface area contributed by atoms with Gasteiger partial charge in [0.05, 0.1) is 29.3 Å². The lowest BCUT2D eigenvalue weighted by atomic mass is 9.92. The number of imidazole rings is 1. The van der Waals surface area contributed by atoms with Crippen LogP contribution in [-0.2, 0) is 13.0 Å². The molecule has 0 spiro atoms. The molecule has 2 aromatic heterocycles. The van der Waals surface area contributed by atoms with E-state index in [4.69, 9.17) is 0 Å². The molecule has 6 heteroatoms. The Kier molecular flexibility index (Phi) is 3.74. The van der Waals surface area contributed by atoms with Crippen LogP contribution in [0.3, 0.4) is 0 Å². The molecule has 0 saturated heterocycles. The minimum absolute atomic E-state index is 0.136. The summed E-state index contributed by atoms with van der Waals surface area (Å²) in [5.41, 5.74) is 3.65. The summed E-state index contributed by atoms with van der Waals surface area (Å²) >= 11 is 0. The summed E-state index contributed by atoms with van der Waals surface area (Å²) in [7, 11) is 0. The zero-order chi connectivity index (χ0) is 16.5. The molecule has 1 atom stereocenters. The lowest BCUT2D eigenvalue weighted by Gasteiger charge is -2.25. The van der Waals surface area contributed by atoms with Crippen molar-refractivity contribution in [3.05, 3.63) is 59.7 Å². The van der Waals surface area contributed by atoms with Gasteiger partial charge in [0, 0.05) is 6.20 Å². The van der Waals surface area contributed by atoms with Crippen molar-refractivity contribution in [2.45, 2.75) is 31.8 Å². The topological polar surface area (TPSA) is 80.0 Å². The summed E-state index contributed by atoms with van der Waals surface area (Å²) in [5, 5.41) is 13.0. The number of nitrogens with zero attached hydrogens (tertiary/aromatic N) is 3. The van der Waals surface area contributed by atoms with Gasteiger partial charge in [0.25, 0.3) is 0 Å². The zero-order valence-corrected chi connectivity index (χ0v) is 13.1. The van der Waals surface area contributed by atoms with E-state index in [0.29, 0.717) is 23.4 Å². The van der Waals surface area contributed by atoms with Crippen molar-refractivity contribution >= 4 is 17.1 Å². The number of pyridine rings is 1. The second-order valence-corrected chi connectivity index (χ2v) is 6.01. The third-order valence-electron chi connectivity index (χ3n) is 4.52. The molecular formula is C18H18N4O2. The van der Waals surface area contributed by atoms with Crippen LogP contribution in [0.2, 0.25) is 0 Å². The molecule has 6 nitrogen and oxygen atoms in total. The van der Waals surface area contributed by atoms with Gasteiger partial charge < -0.3 is 10.4 Å². The predicted molar refractivity (Wildman–Crippen MR) is 89.9 cm³/mol. The van der Waals surface area contributed by atoms with E-state index in [-0.39, 0.29) is 6.04 Å².